The number of carbonyl (C=O) groups is 2. The van der Waals surface area contributed by atoms with Crippen molar-refractivity contribution in [1.29, 1.82) is 0 Å². The molecule has 0 radical (unpaired) electrons. The van der Waals surface area contributed by atoms with E-state index in [0.29, 0.717) is 34.1 Å². The molecule has 0 spiro atoms. The van der Waals surface area contributed by atoms with E-state index in [4.69, 9.17) is 11.6 Å². The van der Waals surface area contributed by atoms with Crippen molar-refractivity contribution < 1.29 is 14.7 Å². The summed E-state index contributed by atoms with van der Waals surface area (Å²) in [4.78, 5) is 25.8. The third-order valence-electron chi connectivity index (χ3n) is 6.92. The zero-order chi connectivity index (χ0) is 26.6. The van der Waals surface area contributed by atoms with Gasteiger partial charge in [0, 0.05) is 29.8 Å². The summed E-state index contributed by atoms with van der Waals surface area (Å²) in [5, 5.41) is 21.5. The number of phenolic OH excluding ortho intramolecular Hbond substituents is 1. The Bertz CT molecular complexity index is 1470. The summed E-state index contributed by atoms with van der Waals surface area (Å²) in [5.41, 5.74) is 4.75. The molecule has 1 saturated carbocycles. The molecule has 4 aromatic rings. The number of nitrogens with zero attached hydrogens (tertiary/aromatic N) is 2. The van der Waals surface area contributed by atoms with Crippen LogP contribution in [0.1, 0.15) is 58.8 Å². The second-order valence-electron chi connectivity index (χ2n) is 9.66. The number of hydrogen-bond donors (Lipinski definition) is 3. The first-order chi connectivity index (χ1) is 18.4. The van der Waals surface area contributed by atoms with Crippen molar-refractivity contribution >= 4 is 29.2 Å². The van der Waals surface area contributed by atoms with E-state index in [9.17, 15) is 14.7 Å². The molecule has 1 aliphatic rings. The van der Waals surface area contributed by atoms with E-state index in [1.54, 1.807) is 36.4 Å². The molecule has 2 amide bonds. The third-order valence-corrected chi connectivity index (χ3v) is 7.25. The van der Waals surface area contributed by atoms with Gasteiger partial charge in [0.15, 0.2) is 0 Å². The van der Waals surface area contributed by atoms with Crippen molar-refractivity contribution in [2.24, 2.45) is 0 Å². The van der Waals surface area contributed by atoms with Crippen molar-refractivity contribution in [2.75, 3.05) is 5.32 Å². The van der Waals surface area contributed by atoms with Crippen LogP contribution in [0.4, 0.5) is 10.5 Å². The summed E-state index contributed by atoms with van der Waals surface area (Å²) in [6, 6.07) is 21.2. The molecule has 0 atom stereocenters. The molecule has 38 heavy (non-hydrogen) atoms. The molecule has 3 N–H and O–H groups in total. The Balaban J connectivity index is 1.38. The molecular weight excluding hydrogens is 500 g/mol. The largest absolute Gasteiger partial charge is 0.507 e. The normalized spacial score (nSPS) is 13.4. The SMILES string of the molecule is Cc1ccc(CNC(=O)n2nc(-c3ccc(NC(=O)c4ccccc4Cl)cc3O)cc2C2CCCC2)cc1. The molecule has 5 rings (SSSR count). The van der Waals surface area contributed by atoms with Gasteiger partial charge in [-0.1, -0.05) is 66.4 Å². The highest BCUT2D eigenvalue weighted by Gasteiger charge is 2.26. The van der Waals surface area contributed by atoms with Gasteiger partial charge in [-0.15, -0.1) is 0 Å². The van der Waals surface area contributed by atoms with E-state index >= 15 is 0 Å². The molecule has 1 aliphatic carbocycles. The van der Waals surface area contributed by atoms with E-state index in [0.717, 1.165) is 42.5 Å². The van der Waals surface area contributed by atoms with Crippen molar-refractivity contribution in [3.8, 4) is 17.0 Å². The minimum Gasteiger partial charge on any atom is -0.507 e. The van der Waals surface area contributed by atoms with E-state index in [2.05, 4.69) is 15.7 Å². The fraction of sp³-hybridized carbons (Fsp3) is 0.233. The first-order valence-electron chi connectivity index (χ1n) is 12.7. The lowest BCUT2D eigenvalue weighted by Crippen LogP contribution is -2.30. The third kappa shape index (κ3) is 5.58. The summed E-state index contributed by atoms with van der Waals surface area (Å²) in [6.45, 7) is 2.42. The van der Waals surface area contributed by atoms with Crippen molar-refractivity contribution in [2.45, 2.75) is 45.1 Å². The number of halogens is 1. The maximum absolute atomic E-state index is 13.2. The Morgan fingerprint density at radius 2 is 1.76 bits per heavy atom. The number of carbonyl (C=O) groups excluding carboxylic acids is 2. The highest BCUT2D eigenvalue weighted by atomic mass is 35.5. The standard InChI is InChI=1S/C30H29ClN4O3/c1-19-10-12-20(13-11-19)18-32-30(38)35-27(21-6-2-3-7-21)17-26(34-35)24-15-14-22(16-28(24)36)33-29(37)23-8-4-5-9-25(23)31/h4-5,8-17,21,36H,2-3,6-7,18H2,1H3,(H,32,38)(H,33,37). The Hall–Kier alpha value is -4.10. The highest BCUT2D eigenvalue weighted by molar-refractivity contribution is 6.34. The molecule has 1 heterocycles. The monoisotopic (exact) mass is 528 g/mol. The van der Waals surface area contributed by atoms with Gasteiger partial charge in [-0.25, -0.2) is 4.79 Å². The first-order valence-corrected chi connectivity index (χ1v) is 13.1. The van der Waals surface area contributed by atoms with Crippen LogP contribution in [0.2, 0.25) is 5.02 Å². The van der Waals surface area contributed by atoms with Gasteiger partial charge in [0.05, 0.1) is 22.0 Å². The fourth-order valence-electron chi connectivity index (χ4n) is 4.83. The predicted octanol–water partition coefficient (Wildman–Crippen LogP) is 6.89. The molecule has 194 valence electrons. The van der Waals surface area contributed by atoms with Gasteiger partial charge in [-0.05, 0) is 55.7 Å². The van der Waals surface area contributed by atoms with Crippen LogP contribution in [0.15, 0.2) is 72.8 Å². The van der Waals surface area contributed by atoms with E-state index in [-0.39, 0.29) is 23.6 Å². The summed E-state index contributed by atoms with van der Waals surface area (Å²) in [6.07, 6.45) is 4.22. The van der Waals surface area contributed by atoms with Gasteiger partial charge in [0.1, 0.15) is 5.75 Å². The number of aromatic hydroxyl groups is 1. The summed E-state index contributed by atoms with van der Waals surface area (Å²) >= 11 is 6.13. The summed E-state index contributed by atoms with van der Waals surface area (Å²) in [7, 11) is 0. The van der Waals surface area contributed by atoms with E-state index < -0.39 is 0 Å². The van der Waals surface area contributed by atoms with Crippen LogP contribution in [-0.2, 0) is 6.54 Å². The average Bonchev–Trinajstić information content (AvgIpc) is 3.59. The average molecular weight is 529 g/mol. The Kier molecular flexibility index (Phi) is 7.47. The zero-order valence-corrected chi connectivity index (χ0v) is 21.8. The van der Waals surface area contributed by atoms with E-state index in [1.165, 1.54) is 10.7 Å². The molecular formula is C30H29ClN4O3. The predicted molar refractivity (Wildman–Crippen MR) is 149 cm³/mol. The molecule has 7 nitrogen and oxygen atoms in total. The van der Waals surface area contributed by atoms with Crippen molar-refractivity contribution in [3.63, 3.8) is 0 Å². The molecule has 0 unspecified atom stereocenters. The van der Waals surface area contributed by atoms with Crippen molar-refractivity contribution in [3.05, 3.63) is 100 Å². The molecule has 0 bridgehead atoms. The topological polar surface area (TPSA) is 96.3 Å². The first kappa shape index (κ1) is 25.5. The molecule has 0 aliphatic heterocycles. The number of amides is 2. The minimum atomic E-state index is -0.374. The molecule has 1 aromatic heterocycles. The maximum Gasteiger partial charge on any atom is 0.342 e. The number of nitrogens with one attached hydrogen (secondary N) is 2. The van der Waals surface area contributed by atoms with Crippen molar-refractivity contribution in [1.82, 2.24) is 15.1 Å². The number of anilines is 1. The van der Waals surface area contributed by atoms with Crippen LogP contribution < -0.4 is 10.6 Å². The van der Waals surface area contributed by atoms with Gasteiger partial charge in [-0.2, -0.15) is 9.78 Å². The Labute approximate surface area is 226 Å². The molecule has 0 saturated heterocycles. The number of aryl methyl sites for hydroxylation is 1. The van der Waals surface area contributed by atoms with Crippen LogP contribution in [0.3, 0.4) is 0 Å². The van der Waals surface area contributed by atoms with Crippen LogP contribution in [0.25, 0.3) is 11.3 Å². The second-order valence-corrected chi connectivity index (χ2v) is 10.1. The number of benzene rings is 3. The molecule has 3 aromatic carbocycles. The van der Waals surface area contributed by atoms with Crippen LogP contribution in [-0.4, -0.2) is 26.8 Å². The number of aromatic nitrogens is 2. The van der Waals surface area contributed by atoms with Gasteiger partial charge in [-0.3, -0.25) is 4.79 Å². The van der Waals surface area contributed by atoms with Gasteiger partial charge in [0.2, 0.25) is 0 Å². The lowest BCUT2D eigenvalue weighted by Gasteiger charge is -2.12. The van der Waals surface area contributed by atoms with Gasteiger partial charge in [0.25, 0.3) is 5.91 Å². The quantitative estimate of drug-likeness (QED) is 0.254. The molecule has 1 fully saturated rings. The summed E-state index contributed by atoms with van der Waals surface area (Å²) < 4.78 is 1.44. The van der Waals surface area contributed by atoms with Crippen LogP contribution >= 0.6 is 11.6 Å². The smallest absolute Gasteiger partial charge is 0.342 e. The number of rotatable bonds is 6. The number of phenols is 1. The fourth-order valence-corrected chi connectivity index (χ4v) is 5.05. The Morgan fingerprint density at radius 1 is 1.03 bits per heavy atom. The zero-order valence-electron chi connectivity index (χ0n) is 21.1. The Morgan fingerprint density at radius 3 is 2.47 bits per heavy atom. The lowest BCUT2D eigenvalue weighted by molar-refractivity contribution is 0.102. The van der Waals surface area contributed by atoms with E-state index in [1.807, 2.05) is 37.3 Å². The minimum absolute atomic E-state index is 0.0513. The van der Waals surface area contributed by atoms with Crippen LogP contribution in [0.5, 0.6) is 5.75 Å². The summed E-state index contributed by atoms with van der Waals surface area (Å²) in [5.74, 6) is -0.192. The number of hydrogen-bond acceptors (Lipinski definition) is 4. The lowest BCUT2D eigenvalue weighted by atomic mass is 10.0. The van der Waals surface area contributed by atoms with Crippen LogP contribution in [0, 0.1) is 6.92 Å². The second kappa shape index (κ2) is 11.1. The van der Waals surface area contributed by atoms with Gasteiger partial charge < -0.3 is 15.7 Å². The highest BCUT2D eigenvalue weighted by Crippen LogP contribution is 2.38. The maximum atomic E-state index is 13.2. The van der Waals surface area contributed by atoms with Gasteiger partial charge >= 0.3 is 6.03 Å². The molecule has 8 heteroatoms.